The minimum absolute atomic E-state index is 0.759. The van der Waals surface area contributed by atoms with Crippen molar-refractivity contribution in [2.45, 2.75) is 24.6 Å². The highest BCUT2D eigenvalue weighted by Gasteiger charge is 2.27. The Hall–Kier alpha value is -0.570. The number of alkyl halides is 1. The quantitative estimate of drug-likeness (QED) is 0.784. The Morgan fingerprint density at radius 3 is 2.87 bits per heavy atom. The number of nitrogens with zero attached hydrogens (tertiary/aromatic N) is 2. The maximum atomic E-state index is 4.21. The number of hydrogen-bond donors (Lipinski definition) is 0. The molecule has 0 radical (unpaired) electrons. The van der Waals surface area contributed by atoms with E-state index in [0.717, 1.165) is 23.0 Å². The number of halogens is 1. The van der Waals surface area contributed by atoms with E-state index in [1.807, 2.05) is 13.1 Å². The van der Waals surface area contributed by atoms with Gasteiger partial charge in [0.2, 0.25) is 0 Å². The first-order valence-electron chi connectivity index (χ1n) is 5.43. The van der Waals surface area contributed by atoms with Crippen LogP contribution in [0, 0.1) is 12.8 Å². The van der Waals surface area contributed by atoms with E-state index in [1.165, 1.54) is 18.5 Å². The molecule has 0 bridgehead atoms. The molecule has 0 unspecified atom stereocenters. The number of aromatic nitrogens is 1. The van der Waals surface area contributed by atoms with E-state index in [-0.39, 0.29) is 0 Å². The van der Waals surface area contributed by atoms with E-state index in [1.54, 1.807) is 0 Å². The highest BCUT2D eigenvalue weighted by atomic mass is 79.9. The molecule has 2 nitrogen and oxygen atoms in total. The molecule has 2 rings (SSSR count). The number of rotatable bonds is 3. The Bertz CT molecular complexity index is 334. The topological polar surface area (TPSA) is 16.1 Å². The minimum Gasteiger partial charge on any atom is -0.374 e. The van der Waals surface area contributed by atoms with Crippen LogP contribution in [-0.4, -0.2) is 23.4 Å². The van der Waals surface area contributed by atoms with Gasteiger partial charge in [-0.3, -0.25) is 4.98 Å². The summed E-state index contributed by atoms with van der Waals surface area (Å²) in [7, 11) is 2.16. The zero-order chi connectivity index (χ0) is 10.8. The normalized spacial score (nSPS) is 24.7. The van der Waals surface area contributed by atoms with Gasteiger partial charge in [0.1, 0.15) is 0 Å². The lowest BCUT2D eigenvalue weighted by molar-refractivity contribution is 0.339. The maximum Gasteiger partial charge on any atom is 0.0397 e. The molecular formula is C12H17BrN2. The van der Waals surface area contributed by atoms with Gasteiger partial charge >= 0.3 is 0 Å². The summed E-state index contributed by atoms with van der Waals surface area (Å²) in [6.45, 7) is 3.20. The third-order valence-corrected chi connectivity index (χ3v) is 3.78. The largest absolute Gasteiger partial charge is 0.374 e. The molecule has 1 aliphatic carbocycles. The molecule has 1 aromatic heterocycles. The molecule has 1 aromatic rings. The van der Waals surface area contributed by atoms with Crippen LogP contribution in [0.5, 0.6) is 0 Å². The summed E-state index contributed by atoms with van der Waals surface area (Å²) in [6, 6.07) is 4.22. The SMILES string of the molecule is Cc1cc(N(C)CC2CC(Br)C2)ccn1. The van der Waals surface area contributed by atoms with Crippen LogP contribution in [0.1, 0.15) is 18.5 Å². The van der Waals surface area contributed by atoms with Crippen molar-refractivity contribution in [3.05, 3.63) is 24.0 Å². The van der Waals surface area contributed by atoms with Crippen molar-refractivity contribution in [1.29, 1.82) is 0 Å². The van der Waals surface area contributed by atoms with Crippen molar-refractivity contribution in [3.8, 4) is 0 Å². The van der Waals surface area contributed by atoms with Gasteiger partial charge in [0.15, 0.2) is 0 Å². The summed E-state index contributed by atoms with van der Waals surface area (Å²) in [6.07, 6.45) is 4.51. The first-order valence-corrected chi connectivity index (χ1v) is 6.34. The Labute approximate surface area is 99.8 Å². The number of pyridine rings is 1. The van der Waals surface area contributed by atoms with Gasteiger partial charge in [0, 0.05) is 36.0 Å². The molecule has 0 spiro atoms. The molecule has 0 aromatic carbocycles. The van der Waals surface area contributed by atoms with Gasteiger partial charge in [0.05, 0.1) is 0 Å². The lowest BCUT2D eigenvalue weighted by Crippen LogP contribution is -2.34. The number of hydrogen-bond acceptors (Lipinski definition) is 2. The standard InChI is InChI=1S/C12H17BrN2/c1-9-5-12(3-4-14-9)15(2)8-10-6-11(13)7-10/h3-5,10-11H,6-8H2,1-2H3. The number of anilines is 1. The molecule has 82 valence electrons. The fourth-order valence-electron chi connectivity index (χ4n) is 2.06. The van der Waals surface area contributed by atoms with Gasteiger partial charge < -0.3 is 4.90 Å². The molecule has 15 heavy (non-hydrogen) atoms. The van der Waals surface area contributed by atoms with Gasteiger partial charge in [0.25, 0.3) is 0 Å². The number of aryl methyl sites for hydroxylation is 1. The van der Waals surface area contributed by atoms with Crippen molar-refractivity contribution in [3.63, 3.8) is 0 Å². The molecule has 1 saturated carbocycles. The summed E-state index contributed by atoms with van der Waals surface area (Å²) in [5, 5.41) is 0. The predicted molar refractivity (Wildman–Crippen MR) is 67.7 cm³/mol. The van der Waals surface area contributed by atoms with E-state index in [9.17, 15) is 0 Å². The zero-order valence-electron chi connectivity index (χ0n) is 9.28. The molecule has 0 amide bonds. The molecule has 0 atom stereocenters. The molecule has 1 fully saturated rings. The van der Waals surface area contributed by atoms with Crippen molar-refractivity contribution in [2.24, 2.45) is 5.92 Å². The lowest BCUT2D eigenvalue weighted by Gasteiger charge is -2.35. The highest BCUT2D eigenvalue weighted by molar-refractivity contribution is 9.09. The maximum absolute atomic E-state index is 4.21. The van der Waals surface area contributed by atoms with Crippen LogP contribution in [0.15, 0.2) is 18.3 Å². The van der Waals surface area contributed by atoms with E-state index in [4.69, 9.17) is 0 Å². The fourth-order valence-corrected chi connectivity index (χ4v) is 3.12. The fraction of sp³-hybridized carbons (Fsp3) is 0.583. The average molecular weight is 269 g/mol. The Kier molecular flexibility index (Phi) is 3.29. The molecule has 3 heteroatoms. The smallest absolute Gasteiger partial charge is 0.0397 e. The van der Waals surface area contributed by atoms with Crippen molar-refractivity contribution >= 4 is 21.6 Å². The summed E-state index contributed by atoms with van der Waals surface area (Å²) in [5.41, 5.74) is 2.37. The van der Waals surface area contributed by atoms with E-state index in [0.29, 0.717) is 0 Å². The van der Waals surface area contributed by atoms with Crippen LogP contribution in [0.4, 0.5) is 5.69 Å². The third kappa shape index (κ3) is 2.71. The van der Waals surface area contributed by atoms with Gasteiger partial charge in [-0.05, 0) is 37.8 Å². The van der Waals surface area contributed by atoms with Gasteiger partial charge in [-0.2, -0.15) is 0 Å². The van der Waals surface area contributed by atoms with Crippen molar-refractivity contribution in [1.82, 2.24) is 4.98 Å². The van der Waals surface area contributed by atoms with Crippen LogP contribution >= 0.6 is 15.9 Å². The third-order valence-electron chi connectivity index (χ3n) is 3.03. The molecule has 0 saturated heterocycles. The zero-order valence-corrected chi connectivity index (χ0v) is 10.9. The molecule has 0 N–H and O–H groups in total. The van der Waals surface area contributed by atoms with Crippen LogP contribution in [0.2, 0.25) is 0 Å². The van der Waals surface area contributed by atoms with Crippen molar-refractivity contribution < 1.29 is 0 Å². The predicted octanol–water partition coefficient (Wildman–Crippen LogP) is 3.00. The van der Waals surface area contributed by atoms with Gasteiger partial charge in [-0.15, -0.1) is 0 Å². The second-order valence-corrected chi connectivity index (χ2v) is 5.77. The van der Waals surface area contributed by atoms with Crippen LogP contribution in [0.25, 0.3) is 0 Å². The van der Waals surface area contributed by atoms with Crippen LogP contribution in [0.3, 0.4) is 0 Å². The molecular weight excluding hydrogens is 252 g/mol. The van der Waals surface area contributed by atoms with Crippen LogP contribution in [-0.2, 0) is 0 Å². The summed E-state index contributed by atoms with van der Waals surface area (Å²) in [5.74, 6) is 0.854. The van der Waals surface area contributed by atoms with E-state index in [2.05, 4.69) is 45.0 Å². The molecule has 0 aliphatic heterocycles. The Morgan fingerprint density at radius 1 is 1.53 bits per heavy atom. The van der Waals surface area contributed by atoms with E-state index < -0.39 is 0 Å². The minimum atomic E-state index is 0.759. The Balaban J connectivity index is 1.93. The van der Waals surface area contributed by atoms with Crippen LogP contribution < -0.4 is 4.90 Å². The summed E-state index contributed by atoms with van der Waals surface area (Å²) >= 11 is 3.63. The molecule has 1 aliphatic rings. The Morgan fingerprint density at radius 2 is 2.27 bits per heavy atom. The first-order chi connectivity index (χ1) is 7.15. The first kappa shape index (κ1) is 10.9. The highest BCUT2D eigenvalue weighted by Crippen LogP contribution is 2.34. The average Bonchev–Trinajstić information content (AvgIpc) is 2.15. The summed E-state index contributed by atoms with van der Waals surface area (Å²) < 4.78 is 0. The van der Waals surface area contributed by atoms with E-state index >= 15 is 0 Å². The lowest BCUT2D eigenvalue weighted by atomic mass is 9.85. The van der Waals surface area contributed by atoms with Crippen molar-refractivity contribution in [2.75, 3.05) is 18.5 Å². The summed E-state index contributed by atoms with van der Waals surface area (Å²) in [4.78, 5) is 7.30. The second-order valence-electron chi connectivity index (χ2n) is 4.47. The van der Waals surface area contributed by atoms with Gasteiger partial charge in [-0.25, -0.2) is 0 Å². The molecule has 1 heterocycles. The monoisotopic (exact) mass is 268 g/mol. The second kappa shape index (κ2) is 4.52. The van der Waals surface area contributed by atoms with Gasteiger partial charge in [-0.1, -0.05) is 15.9 Å².